The lowest BCUT2D eigenvalue weighted by molar-refractivity contribution is -0.673. The molecule has 0 saturated carbocycles. The van der Waals surface area contributed by atoms with Gasteiger partial charge in [-0.05, 0) is 29.8 Å². The van der Waals surface area contributed by atoms with Crippen LogP contribution in [0.2, 0.25) is 0 Å². The Kier molecular flexibility index (Phi) is 5.19. The fraction of sp³-hybridized carbons (Fsp3) is 0.235. The predicted octanol–water partition coefficient (Wildman–Crippen LogP) is 3.36. The monoisotopic (exact) mass is 287 g/mol. The topological polar surface area (TPSA) is 7.12 Å². The van der Waals surface area contributed by atoms with E-state index in [1.807, 2.05) is 25.4 Å². The number of hydrogen-bond acceptors (Lipinski definition) is 1. The van der Waals surface area contributed by atoms with Crippen LogP contribution < -0.4 is 9.47 Å². The van der Waals surface area contributed by atoms with Crippen molar-refractivity contribution in [1.82, 2.24) is 0 Å². The molecule has 1 aromatic carbocycles. The second-order valence-corrected chi connectivity index (χ2v) is 5.15. The highest BCUT2D eigenvalue weighted by Crippen LogP contribution is 2.15. The van der Waals surface area contributed by atoms with Crippen LogP contribution in [-0.2, 0) is 7.05 Å². The van der Waals surface area contributed by atoms with Gasteiger partial charge in [0.15, 0.2) is 6.20 Å². The Morgan fingerprint density at radius 3 is 2.50 bits per heavy atom. The molecule has 2 rings (SSSR count). The van der Waals surface area contributed by atoms with Crippen LogP contribution in [0.15, 0.2) is 48.7 Å². The zero-order valence-corrected chi connectivity index (χ0v) is 12.7. The molecule has 20 heavy (non-hydrogen) atoms. The number of anilines is 1. The molecule has 0 fully saturated rings. The minimum absolute atomic E-state index is 0.642. The molecule has 1 heterocycles. The quantitative estimate of drug-likeness (QED) is 0.604. The first-order valence-electron chi connectivity index (χ1n) is 6.70. The van der Waals surface area contributed by atoms with E-state index in [0.29, 0.717) is 5.88 Å². The number of hydrogen-bond donors (Lipinski definition) is 0. The minimum atomic E-state index is 0.642. The van der Waals surface area contributed by atoms with Gasteiger partial charge in [-0.1, -0.05) is 12.1 Å². The van der Waals surface area contributed by atoms with Gasteiger partial charge in [0.05, 0.1) is 0 Å². The summed E-state index contributed by atoms with van der Waals surface area (Å²) in [7, 11) is 4.10. The Morgan fingerprint density at radius 1 is 1.10 bits per heavy atom. The predicted molar refractivity (Wildman–Crippen MR) is 87.0 cm³/mol. The van der Waals surface area contributed by atoms with Crippen LogP contribution in [0.25, 0.3) is 12.2 Å². The Balaban J connectivity index is 2.09. The van der Waals surface area contributed by atoms with Gasteiger partial charge < -0.3 is 4.90 Å². The average Bonchev–Trinajstić information content (AvgIpc) is 2.47. The first-order chi connectivity index (χ1) is 9.70. The maximum absolute atomic E-state index is 5.75. The molecule has 1 aromatic heterocycles. The number of rotatable bonds is 5. The number of aryl methyl sites for hydroxylation is 1. The Labute approximate surface area is 125 Å². The maximum Gasteiger partial charge on any atom is 0.204 e. The van der Waals surface area contributed by atoms with E-state index < -0.39 is 0 Å². The number of pyridine rings is 1. The molecule has 0 amide bonds. The molecule has 0 atom stereocenters. The summed E-state index contributed by atoms with van der Waals surface area (Å²) in [4.78, 5) is 2.15. The van der Waals surface area contributed by atoms with Crippen LogP contribution in [0.5, 0.6) is 0 Å². The molecule has 0 bridgehead atoms. The lowest BCUT2D eigenvalue weighted by Crippen LogP contribution is -2.30. The van der Waals surface area contributed by atoms with Crippen molar-refractivity contribution in [3.05, 3.63) is 59.9 Å². The molecule has 0 unspecified atom stereocenters. The molecule has 0 radical (unpaired) electrons. The molecule has 0 aliphatic heterocycles. The third kappa shape index (κ3) is 3.84. The van der Waals surface area contributed by atoms with E-state index in [4.69, 9.17) is 11.6 Å². The van der Waals surface area contributed by atoms with Gasteiger partial charge in [0.25, 0.3) is 0 Å². The van der Waals surface area contributed by atoms with E-state index in [-0.39, 0.29) is 0 Å². The summed E-state index contributed by atoms with van der Waals surface area (Å²) < 4.78 is 2.10. The van der Waals surface area contributed by atoms with Crippen molar-refractivity contribution in [2.45, 2.75) is 0 Å². The van der Waals surface area contributed by atoms with Crippen LogP contribution in [0.4, 0.5) is 5.69 Å². The zero-order chi connectivity index (χ0) is 14.4. The average molecular weight is 288 g/mol. The van der Waals surface area contributed by atoms with E-state index in [2.05, 4.69) is 59.0 Å². The molecule has 2 nitrogen and oxygen atoms in total. The van der Waals surface area contributed by atoms with Gasteiger partial charge in [-0.2, -0.15) is 0 Å². The summed E-state index contributed by atoms with van der Waals surface area (Å²) >= 11 is 5.75. The Bertz CT molecular complexity index is 576. The van der Waals surface area contributed by atoms with E-state index >= 15 is 0 Å². The number of benzene rings is 1. The minimum Gasteiger partial charge on any atom is -0.373 e. The second kappa shape index (κ2) is 7.11. The highest BCUT2D eigenvalue weighted by molar-refractivity contribution is 6.18. The molecule has 104 valence electrons. The normalized spacial score (nSPS) is 10.9. The summed E-state index contributed by atoms with van der Waals surface area (Å²) in [6, 6.07) is 14.7. The highest BCUT2D eigenvalue weighted by atomic mass is 35.5. The summed E-state index contributed by atoms with van der Waals surface area (Å²) in [6.07, 6.45) is 6.29. The molecule has 0 saturated heterocycles. The van der Waals surface area contributed by atoms with Crippen molar-refractivity contribution in [1.29, 1.82) is 0 Å². The molecular weight excluding hydrogens is 268 g/mol. The van der Waals surface area contributed by atoms with Crippen molar-refractivity contribution >= 4 is 29.4 Å². The van der Waals surface area contributed by atoms with Crippen LogP contribution in [0, 0.1) is 0 Å². The van der Waals surface area contributed by atoms with Gasteiger partial charge in [0, 0.05) is 43.4 Å². The van der Waals surface area contributed by atoms with Gasteiger partial charge in [-0.3, -0.25) is 0 Å². The number of nitrogens with zero attached hydrogens (tertiary/aromatic N) is 2. The largest absolute Gasteiger partial charge is 0.373 e. The first-order valence-corrected chi connectivity index (χ1v) is 7.24. The number of aromatic nitrogens is 1. The molecule has 0 aliphatic rings. The van der Waals surface area contributed by atoms with Crippen LogP contribution in [0.1, 0.15) is 11.3 Å². The van der Waals surface area contributed by atoms with Crippen LogP contribution in [-0.4, -0.2) is 19.5 Å². The van der Waals surface area contributed by atoms with Crippen LogP contribution in [0.3, 0.4) is 0 Å². The molecule has 0 N–H and O–H groups in total. The first kappa shape index (κ1) is 14.6. The third-order valence-electron chi connectivity index (χ3n) is 3.30. The van der Waals surface area contributed by atoms with Crippen molar-refractivity contribution in [2.75, 3.05) is 24.4 Å². The summed E-state index contributed by atoms with van der Waals surface area (Å²) in [5, 5.41) is 0. The van der Waals surface area contributed by atoms with Gasteiger partial charge in [-0.25, -0.2) is 4.57 Å². The summed E-state index contributed by atoms with van der Waals surface area (Å²) in [5.74, 6) is 0.642. The van der Waals surface area contributed by atoms with E-state index in [1.54, 1.807) is 0 Å². The van der Waals surface area contributed by atoms with Crippen molar-refractivity contribution < 1.29 is 4.57 Å². The lowest BCUT2D eigenvalue weighted by Gasteiger charge is -2.17. The van der Waals surface area contributed by atoms with Crippen molar-refractivity contribution in [3.8, 4) is 0 Å². The Hall–Kier alpha value is -1.80. The van der Waals surface area contributed by atoms with E-state index in [0.717, 1.165) is 6.54 Å². The highest BCUT2D eigenvalue weighted by Gasteiger charge is 2.00. The molecule has 0 aliphatic carbocycles. The summed E-state index contributed by atoms with van der Waals surface area (Å²) in [5.41, 5.74) is 3.56. The molecular formula is C17H20ClN2+. The molecule has 0 spiro atoms. The molecule has 2 aromatic rings. The van der Waals surface area contributed by atoms with Gasteiger partial charge in [0.1, 0.15) is 7.05 Å². The summed E-state index contributed by atoms with van der Waals surface area (Å²) in [6.45, 7) is 0.858. The van der Waals surface area contributed by atoms with Crippen molar-refractivity contribution in [3.63, 3.8) is 0 Å². The van der Waals surface area contributed by atoms with Crippen LogP contribution >= 0.6 is 11.6 Å². The Morgan fingerprint density at radius 2 is 1.85 bits per heavy atom. The standard InChI is InChI=1S/C17H20ClN2/c1-19-13-4-3-5-16(19)9-6-15-7-10-17(11-8-15)20(2)14-12-18/h3-11,13H,12,14H2,1-2H3/q+1. The fourth-order valence-electron chi connectivity index (χ4n) is 1.99. The second-order valence-electron chi connectivity index (χ2n) is 4.77. The van der Waals surface area contributed by atoms with Crippen molar-refractivity contribution in [2.24, 2.45) is 7.05 Å². The fourth-order valence-corrected chi connectivity index (χ4v) is 2.24. The van der Waals surface area contributed by atoms with Gasteiger partial charge in [0.2, 0.25) is 5.69 Å². The number of alkyl halides is 1. The smallest absolute Gasteiger partial charge is 0.204 e. The SMILES string of the molecule is CN(CCCl)c1ccc(/C=C/c2cccc[n+]2C)cc1. The number of halogens is 1. The third-order valence-corrected chi connectivity index (χ3v) is 3.46. The van der Waals surface area contributed by atoms with E-state index in [9.17, 15) is 0 Å². The van der Waals surface area contributed by atoms with Gasteiger partial charge in [-0.15, -0.1) is 11.6 Å². The van der Waals surface area contributed by atoms with Gasteiger partial charge >= 0.3 is 0 Å². The van der Waals surface area contributed by atoms with E-state index in [1.165, 1.54) is 16.9 Å². The molecule has 3 heteroatoms. The zero-order valence-electron chi connectivity index (χ0n) is 12.0. The lowest BCUT2D eigenvalue weighted by atomic mass is 10.1. The maximum atomic E-state index is 5.75.